The fourth-order valence-corrected chi connectivity index (χ4v) is 0.764. The van der Waals surface area contributed by atoms with Gasteiger partial charge >= 0.3 is 0 Å². The lowest BCUT2D eigenvalue weighted by atomic mass is 10.2. The number of benzene rings is 1. The maximum Gasteiger partial charge on any atom is 0.0248 e. The fraction of sp³-hybridized carbons (Fsp3) is 0.167. The van der Waals surface area contributed by atoms with Crippen LogP contribution in [-0.2, 0) is 0 Å². The standard InChI is InChI=1S/C12H12/c1-3-11(2)9-10-12-7-5-4-6-8-12/h3-8H,1-2H3/b11-3-. The summed E-state index contributed by atoms with van der Waals surface area (Å²) in [4.78, 5) is 0. The molecule has 0 nitrogen and oxygen atoms in total. The molecular weight excluding hydrogens is 144 g/mol. The fourth-order valence-electron chi connectivity index (χ4n) is 0.764. The molecular formula is C12H12. The molecule has 0 heteroatoms. The van der Waals surface area contributed by atoms with Crippen LogP contribution in [0.5, 0.6) is 0 Å². The molecule has 0 atom stereocenters. The van der Waals surface area contributed by atoms with Crippen molar-refractivity contribution in [2.75, 3.05) is 0 Å². The highest BCUT2D eigenvalue weighted by Gasteiger charge is 1.80. The summed E-state index contributed by atoms with van der Waals surface area (Å²) in [5, 5.41) is 0. The van der Waals surface area contributed by atoms with Gasteiger partial charge in [-0.15, -0.1) is 0 Å². The van der Waals surface area contributed by atoms with Crippen molar-refractivity contribution in [2.45, 2.75) is 13.8 Å². The molecule has 60 valence electrons. The molecule has 0 aliphatic heterocycles. The minimum absolute atomic E-state index is 1.07. The van der Waals surface area contributed by atoms with Crippen molar-refractivity contribution >= 4 is 0 Å². The molecule has 0 saturated heterocycles. The molecule has 0 amide bonds. The van der Waals surface area contributed by atoms with Crippen LogP contribution in [0.4, 0.5) is 0 Å². The molecule has 0 fully saturated rings. The third kappa shape index (κ3) is 2.64. The van der Waals surface area contributed by atoms with Gasteiger partial charge in [-0.1, -0.05) is 36.1 Å². The Hall–Kier alpha value is -1.48. The Morgan fingerprint density at radius 2 is 1.92 bits per heavy atom. The average Bonchev–Trinajstić information content (AvgIpc) is 2.16. The van der Waals surface area contributed by atoms with Gasteiger partial charge in [0.25, 0.3) is 0 Å². The first kappa shape index (κ1) is 8.62. The second-order valence-corrected chi connectivity index (χ2v) is 2.59. The molecule has 1 aromatic carbocycles. The predicted molar refractivity (Wildman–Crippen MR) is 52.8 cm³/mol. The Bertz CT molecular complexity index is 320. The van der Waals surface area contributed by atoms with Crippen LogP contribution in [0, 0.1) is 11.8 Å². The van der Waals surface area contributed by atoms with Gasteiger partial charge in [0.1, 0.15) is 0 Å². The maximum atomic E-state index is 3.08. The van der Waals surface area contributed by atoms with E-state index in [4.69, 9.17) is 0 Å². The molecule has 0 N–H and O–H groups in total. The number of hydrogen-bond acceptors (Lipinski definition) is 0. The molecule has 0 saturated carbocycles. The Balaban J connectivity index is 2.81. The van der Waals surface area contributed by atoms with Gasteiger partial charge in [-0.2, -0.15) is 0 Å². The van der Waals surface area contributed by atoms with E-state index in [-0.39, 0.29) is 0 Å². The summed E-state index contributed by atoms with van der Waals surface area (Å²) >= 11 is 0. The SMILES string of the molecule is C/C=C(/C)C#Cc1ccccc1. The van der Waals surface area contributed by atoms with Crippen LogP contribution in [0.2, 0.25) is 0 Å². The van der Waals surface area contributed by atoms with Crippen LogP contribution >= 0.6 is 0 Å². The molecule has 0 unspecified atom stereocenters. The summed E-state index contributed by atoms with van der Waals surface area (Å²) in [6.07, 6.45) is 2.01. The van der Waals surface area contributed by atoms with Crippen LogP contribution < -0.4 is 0 Å². The van der Waals surface area contributed by atoms with Crippen LogP contribution in [0.25, 0.3) is 0 Å². The number of allylic oxidation sites excluding steroid dienone is 2. The molecule has 1 aromatic rings. The van der Waals surface area contributed by atoms with Gasteiger partial charge in [-0.25, -0.2) is 0 Å². The molecule has 0 spiro atoms. The third-order valence-electron chi connectivity index (χ3n) is 1.61. The first-order valence-corrected chi connectivity index (χ1v) is 4.03. The van der Waals surface area contributed by atoms with E-state index in [1.165, 1.54) is 0 Å². The van der Waals surface area contributed by atoms with E-state index >= 15 is 0 Å². The monoisotopic (exact) mass is 156 g/mol. The summed E-state index contributed by atoms with van der Waals surface area (Å²) in [7, 11) is 0. The molecule has 0 aromatic heterocycles. The van der Waals surface area contributed by atoms with Gasteiger partial charge in [0.15, 0.2) is 0 Å². The van der Waals surface area contributed by atoms with E-state index < -0.39 is 0 Å². The van der Waals surface area contributed by atoms with E-state index in [1.54, 1.807) is 0 Å². The van der Waals surface area contributed by atoms with Crippen LogP contribution in [0.15, 0.2) is 42.0 Å². The lowest BCUT2D eigenvalue weighted by molar-refractivity contribution is 1.52. The van der Waals surface area contributed by atoms with E-state index in [0.29, 0.717) is 0 Å². The summed E-state index contributed by atoms with van der Waals surface area (Å²) in [6.45, 7) is 4.00. The second-order valence-electron chi connectivity index (χ2n) is 2.59. The highest BCUT2D eigenvalue weighted by molar-refractivity contribution is 5.39. The van der Waals surface area contributed by atoms with E-state index in [0.717, 1.165) is 11.1 Å². The van der Waals surface area contributed by atoms with Gasteiger partial charge in [0.2, 0.25) is 0 Å². The topological polar surface area (TPSA) is 0 Å². The molecule has 0 heterocycles. The van der Waals surface area contributed by atoms with Crippen molar-refractivity contribution in [3.05, 3.63) is 47.5 Å². The molecule has 0 radical (unpaired) electrons. The van der Waals surface area contributed by atoms with E-state index in [2.05, 4.69) is 11.8 Å². The largest absolute Gasteiger partial charge is 0.0763 e. The Morgan fingerprint density at radius 3 is 2.50 bits per heavy atom. The highest BCUT2D eigenvalue weighted by Crippen LogP contribution is 1.96. The average molecular weight is 156 g/mol. The lowest BCUT2D eigenvalue weighted by Crippen LogP contribution is -1.71. The van der Waals surface area contributed by atoms with Crippen molar-refractivity contribution in [1.29, 1.82) is 0 Å². The van der Waals surface area contributed by atoms with Crippen LogP contribution in [-0.4, -0.2) is 0 Å². The number of hydrogen-bond donors (Lipinski definition) is 0. The maximum absolute atomic E-state index is 3.08. The van der Waals surface area contributed by atoms with Crippen molar-refractivity contribution in [1.82, 2.24) is 0 Å². The van der Waals surface area contributed by atoms with Gasteiger partial charge in [-0.05, 0) is 31.6 Å². The highest BCUT2D eigenvalue weighted by atomic mass is 13.8. The van der Waals surface area contributed by atoms with Gasteiger partial charge in [0, 0.05) is 5.56 Å². The van der Waals surface area contributed by atoms with Crippen molar-refractivity contribution in [3.63, 3.8) is 0 Å². The van der Waals surface area contributed by atoms with Crippen molar-refractivity contribution in [2.24, 2.45) is 0 Å². The van der Waals surface area contributed by atoms with Gasteiger partial charge < -0.3 is 0 Å². The van der Waals surface area contributed by atoms with Crippen LogP contribution in [0.1, 0.15) is 19.4 Å². The van der Waals surface area contributed by atoms with E-state index in [1.807, 2.05) is 50.3 Å². The zero-order valence-corrected chi connectivity index (χ0v) is 7.46. The van der Waals surface area contributed by atoms with Crippen LogP contribution in [0.3, 0.4) is 0 Å². The first-order chi connectivity index (χ1) is 5.83. The minimum atomic E-state index is 1.07. The Labute approximate surface area is 73.9 Å². The molecule has 0 aliphatic carbocycles. The predicted octanol–water partition coefficient (Wildman–Crippen LogP) is 3.00. The van der Waals surface area contributed by atoms with Gasteiger partial charge in [0.05, 0.1) is 0 Å². The lowest BCUT2D eigenvalue weighted by Gasteiger charge is -1.86. The smallest absolute Gasteiger partial charge is 0.0248 e. The Kier molecular flexibility index (Phi) is 3.17. The summed E-state index contributed by atoms with van der Waals surface area (Å²) in [5.41, 5.74) is 2.18. The first-order valence-electron chi connectivity index (χ1n) is 4.03. The molecule has 1 rings (SSSR count). The molecule has 0 bridgehead atoms. The normalized spacial score (nSPS) is 10.3. The zero-order valence-electron chi connectivity index (χ0n) is 7.46. The third-order valence-corrected chi connectivity index (χ3v) is 1.61. The second kappa shape index (κ2) is 4.41. The van der Waals surface area contributed by atoms with Crippen molar-refractivity contribution < 1.29 is 0 Å². The molecule has 12 heavy (non-hydrogen) atoms. The zero-order chi connectivity index (χ0) is 8.81. The summed E-state index contributed by atoms with van der Waals surface area (Å²) in [6, 6.07) is 10.0. The quantitative estimate of drug-likeness (QED) is 0.506. The minimum Gasteiger partial charge on any atom is -0.0763 e. The number of rotatable bonds is 0. The van der Waals surface area contributed by atoms with Crippen molar-refractivity contribution in [3.8, 4) is 11.8 Å². The van der Waals surface area contributed by atoms with Gasteiger partial charge in [-0.3, -0.25) is 0 Å². The summed E-state index contributed by atoms with van der Waals surface area (Å²) < 4.78 is 0. The Morgan fingerprint density at radius 1 is 1.25 bits per heavy atom. The summed E-state index contributed by atoms with van der Waals surface area (Å²) in [5.74, 6) is 6.14. The van der Waals surface area contributed by atoms with E-state index in [9.17, 15) is 0 Å². The molecule has 0 aliphatic rings.